The van der Waals surface area contributed by atoms with Crippen molar-refractivity contribution in [1.29, 1.82) is 0 Å². The Morgan fingerprint density at radius 1 is 1.03 bits per heavy atom. The molecule has 8 heteroatoms. The van der Waals surface area contributed by atoms with Crippen molar-refractivity contribution in [3.63, 3.8) is 0 Å². The minimum atomic E-state index is -3.29. The number of nitrogens with zero attached hydrogens (tertiary/aromatic N) is 2. The van der Waals surface area contributed by atoms with Gasteiger partial charge < -0.3 is 4.74 Å². The van der Waals surface area contributed by atoms with Gasteiger partial charge in [-0.25, -0.2) is 13.1 Å². The Balaban J connectivity index is 1.80. The van der Waals surface area contributed by atoms with Crippen LogP contribution < -0.4 is 0 Å². The molecule has 0 atom stereocenters. The summed E-state index contributed by atoms with van der Waals surface area (Å²) in [5.41, 5.74) is 4.28. The molecule has 0 radical (unpaired) electrons. The van der Waals surface area contributed by atoms with Crippen molar-refractivity contribution in [1.82, 2.24) is 9.78 Å². The molecule has 0 N–H and O–H groups in total. The molecule has 4 rings (SSSR count). The number of aryl methyl sites for hydroxylation is 1. The highest BCUT2D eigenvalue weighted by atomic mass is 32.2. The number of esters is 1. The van der Waals surface area contributed by atoms with Crippen molar-refractivity contribution in [3.8, 4) is 26.7 Å². The lowest BCUT2D eigenvalue weighted by atomic mass is 10.2. The second-order valence-electron chi connectivity index (χ2n) is 7.44. The average Bonchev–Trinajstić information content (AvgIpc) is 3.41. The maximum absolute atomic E-state index is 11.9. The number of hydrogen-bond acceptors (Lipinski definition) is 6. The summed E-state index contributed by atoms with van der Waals surface area (Å²) in [4.78, 5) is 14.0. The van der Waals surface area contributed by atoms with E-state index < -0.39 is 9.84 Å². The van der Waals surface area contributed by atoms with Gasteiger partial charge in [0.25, 0.3) is 0 Å². The maximum Gasteiger partial charge on any atom is 0.311 e. The number of benzene rings is 2. The fourth-order valence-electron chi connectivity index (χ4n) is 3.41. The van der Waals surface area contributed by atoms with Crippen LogP contribution in [-0.2, 0) is 25.8 Å². The minimum Gasteiger partial charge on any atom is -0.469 e. The van der Waals surface area contributed by atoms with E-state index in [2.05, 4.69) is 5.10 Å². The van der Waals surface area contributed by atoms with Crippen LogP contribution in [0.3, 0.4) is 0 Å². The van der Waals surface area contributed by atoms with Gasteiger partial charge >= 0.3 is 5.97 Å². The first-order chi connectivity index (χ1) is 15.3. The molecule has 0 unspecified atom stereocenters. The van der Waals surface area contributed by atoms with Gasteiger partial charge in [-0.1, -0.05) is 30.3 Å². The highest BCUT2D eigenvalue weighted by Gasteiger charge is 2.18. The van der Waals surface area contributed by atoms with Crippen LogP contribution in [0.15, 0.2) is 71.6 Å². The zero-order valence-electron chi connectivity index (χ0n) is 17.9. The van der Waals surface area contributed by atoms with Gasteiger partial charge in [-0.2, -0.15) is 5.10 Å². The van der Waals surface area contributed by atoms with Gasteiger partial charge in [0, 0.05) is 11.1 Å². The molecule has 2 aromatic carbocycles. The zero-order chi connectivity index (χ0) is 22.9. The van der Waals surface area contributed by atoms with Gasteiger partial charge in [0.2, 0.25) is 0 Å². The first-order valence-electron chi connectivity index (χ1n) is 9.89. The number of sulfone groups is 1. The van der Waals surface area contributed by atoms with Crippen molar-refractivity contribution >= 4 is 27.1 Å². The maximum atomic E-state index is 11.9. The first kappa shape index (κ1) is 22.0. The Hall–Kier alpha value is -3.23. The lowest BCUT2D eigenvalue weighted by Crippen LogP contribution is -2.06. The number of rotatable bonds is 6. The number of aromatic nitrogens is 2. The standard InChI is InChI=1S/C24H22N2O4S2/c1-16-7-4-5-10-20(16)26-21(14-18(25-26)15-24(27)30-2)23-12-11-22(31-23)17-8-6-9-19(13-17)32(3,28)29/h4-14H,15H2,1-3H3. The number of carbonyl (C=O) groups excluding carboxylic acids is 1. The summed E-state index contributed by atoms with van der Waals surface area (Å²) in [5.74, 6) is -0.351. The van der Waals surface area contributed by atoms with Crippen molar-refractivity contribution in [2.24, 2.45) is 0 Å². The van der Waals surface area contributed by atoms with E-state index in [1.807, 2.05) is 60.1 Å². The number of hydrogen-bond donors (Lipinski definition) is 0. The van der Waals surface area contributed by atoms with Crippen LogP contribution in [0, 0.1) is 6.92 Å². The molecular formula is C24H22N2O4S2. The zero-order valence-corrected chi connectivity index (χ0v) is 19.5. The molecule has 0 aliphatic carbocycles. The predicted molar refractivity (Wildman–Crippen MR) is 126 cm³/mol. The van der Waals surface area contributed by atoms with Crippen LogP contribution in [0.1, 0.15) is 11.3 Å². The summed E-state index contributed by atoms with van der Waals surface area (Å²) in [6, 6.07) is 20.7. The minimum absolute atomic E-state index is 0.0804. The van der Waals surface area contributed by atoms with Crippen molar-refractivity contribution < 1.29 is 17.9 Å². The van der Waals surface area contributed by atoms with Gasteiger partial charge in [0.15, 0.2) is 9.84 Å². The monoisotopic (exact) mass is 466 g/mol. The second-order valence-corrected chi connectivity index (χ2v) is 10.5. The van der Waals surface area contributed by atoms with Crippen LogP contribution in [0.5, 0.6) is 0 Å². The summed E-state index contributed by atoms with van der Waals surface area (Å²) < 4.78 is 30.5. The van der Waals surface area contributed by atoms with Crippen molar-refractivity contribution in [3.05, 3.63) is 78.0 Å². The highest BCUT2D eigenvalue weighted by Crippen LogP contribution is 2.36. The Labute approximate surface area is 191 Å². The van der Waals surface area contributed by atoms with E-state index in [-0.39, 0.29) is 17.3 Å². The van der Waals surface area contributed by atoms with Gasteiger partial charge in [-0.05, 0) is 54.4 Å². The largest absolute Gasteiger partial charge is 0.469 e. The molecule has 0 amide bonds. The third kappa shape index (κ3) is 4.51. The Bertz CT molecular complexity index is 1400. The molecule has 32 heavy (non-hydrogen) atoms. The molecule has 0 fully saturated rings. The molecule has 0 aliphatic heterocycles. The van der Waals surface area contributed by atoms with Crippen molar-refractivity contribution in [2.45, 2.75) is 18.2 Å². The fraction of sp³-hybridized carbons (Fsp3) is 0.167. The molecule has 4 aromatic rings. The second kappa shape index (κ2) is 8.72. The summed E-state index contributed by atoms with van der Waals surface area (Å²) in [6.07, 6.45) is 1.28. The number of thiophene rings is 1. The molecule has 0 saturated carbocycles. The molecule has 2 heterocycles. The smallest absolute Gasteiger partial charge is 0.311 e. The first-order valence-corrected chi connectivity index (χ1v) is 12.6. The van der Waals surface area contributed by atoms with E-state index in [0.717, 1.165) is 32.3 Å². The summed E-state index contributed by atoms with van der Waals surface area (Å²) in [6.45, 7) is 2.01. The van der Waals surface area contributed by atoms with E-state index in [1.165, 1.54) is 24.7 Å². The molecule has 0 spiro atoms. The molecular weight excluding hydrogens is 444 g/mol. The van der Waals surface area contributed by atoms with E-state index >= 15 is 0 Å². The van der Waals surface area contributed by atoms with E-state index in [9.17, 15) is 13.2 Å². The van der Waals surface area contributed by atoms with Crippen LogP contribution in [0.2, 0.25) is 0 Å². The highest BCUT2D eigenvalue weighted by molar-refractivity contribution is 7.90. The van der Waals surface area contributed by atoms with E-state index in [0.29, 0.717) is 5.69 Å². The molecule has 6 nitrogen and oxygen atoms in total. The number of carbonyl (C=O) groups is 1. The van der Waals surface area contributed by atoms with Crippen LogP contribution in [-0.4, -0.2) is 37.5 Å². The lowest BCUT2D eigenvalue weighted by Gasteiger charge is -2.09. The SMILES string of the molecule is COC(=O)Cc1cc(-c2ccc(-c3cccc(S(C)(=O)=O)c3)s2)n(-c2ccccc2C)n1. The Morgan fingerprint density at radius 2 is 1.78 bits per heavy atom. The van der Waals surface area contributed by atoms with E-state index in [4.69, 9.17) is 4.74 Å². The Kier molecular flexibility index (Phi) is 5.99. The molecule has 0 aliphatic rings. The van der Waals surface area contributed by atoms with Gasteiger partial charge in [-0.15, -0.1) is 11.3 Å². The summed E-state index contributed by atoms with van der Waals surface area (Å²) in [7, 11) is -1.93. The number of methoxy groups -OCH3 is 1. The third-order valence-electron chi connectivity index (χ3n) is 5.06. The van der Waals surface area contributed by atoms with Crippen molar-refractivity contribution in [2.75, 3.05) is 13.4 Å². The normalized spacial score (nSPS) is 11.5. The van der Waals surface area contributed by atoms with Gasteiger partial charge in [0.1, 0.15) is 0 Å². The van der Waals surface area contributed by atoms with Crippen LogP contribution in [0.4, 0.5) is 0 Å². The fourth-order valence-corrected chi connectivity index (χ4v) is 5.08. The lowest BCUT2D eigenvalue weighted by molar-refractivity contribution is -0.139. The van der Waals surface area contributed by atoms with Crippen LogP contribution in [0.25, 0.3) is 26.7 Å². The predicted octanol–water partition coefficient (Wildman–Crippen LogP) is 4.70. The molecule has 0 saturated heterocycles. The summed E-state index contributed by atoms with van der Waals surface area (Å²) in [5, 5.41) is 4.68. The van der Waals surface area contributed by atoms with Gasteiger partial charge in [0.05, 0.1) is 40.4 Å². The Morgan fingerprint density at radius 3 is 2.50 bits per heavy atom. The van der Waals surface area contributed by atoms with Gasteiger partial charge in [-0.3, -0.25) is 4.79 Å². The number of para-hydroxylation sites is 1. The number of ether oxygens (including phenoxy) is 1. The summed E-state index contributed by atoms with van der Waals surface area (Å²) >= 11 is 1.54. The van der Waals surface area contributed by atoms with E-state index in [1.54, 1.807) is 18.2 Å². The quantitative estimate of drug-likeness (QED) is 0.385. The third-order valence-corrected chi connectivity index (χ3v) is 7.33. The molecule has 164 valence electrons. The molecule has 0 bridgehead atoms. The van der Waals surface area contributed by atoms with Crippen LogP contribution >= 0.6 is 11.3 Å². The topological polar surface area (TPSA) is 78.3 Å². The average molecular weight is 467 g/mol. The molecule has 2 aromatic heterocycles.